The molecule has 21 heavy (non-hydrogen) atoms. The van der Waals surface area contributed by atoms with Crippen LogP contribution in [0.5, 0.6) is 0 Å². The lowest BCUT2D eigenvalue weighted by atomic mass is 10.2. The highest BCUT2D eigenvalue weighted by Gasteiger charge is 2.09. The van der Waals surface area contributed by atoms with E-state index in [1.54, 1.807) is 24.3 Å². The number of H-pyrrole nitrogens is 1. The van der Waals surface area contributed by atoms with Crippen LogP contribution in [-0.4, -0.2) is 14.2 Å². The number of nitrogens with one attached hydrogen (secondary N) is 1. The number of para-hydroxylation sites is 1. The van der Waals surface area contributed by atoms with Crippen molar-refractivity contribution >= 4 is 21.7 Å². The Bertz CT molecular complexity index is 875. The van der Waals surface area contributed by atoms with Crippen molar-refractivity contribution in [3.63, 3.8) is 0 Å². The maximum absolute atomic E-state index is 12.8. The fourth-order valence-electron chi connectivity index (χ4n) is 2.00. The molecule has 0 aliphatic carbocycles. The molecule has 106 valence electrons. The van der Waals surface area contributed by atoms with Gasteiger partial charge < -0.3 is 4.98 Å². The van der Waals surface area contributed by atoms with E-state index in [0.29, 0.717) is 21.6 Å². The van der Waals surface area contributed by atoms with Gasteiger partial charge in [0.05, 0.1) is 27.5 Å². The fraction of sp³-hybridized carbons (Fsp3) is 0.0667. The van der Waals surface area contributed by atoms with E-state index in [4.69, 9.17) is 0 Å². The van der Waals surface area contributed by atoms with Crippen molar-refractivity contribution < 1.29 is 8.60 Å². The van der Waals surface area contributed by atoms with E-state index >= 15 is 0 Å². The lowest BCUT2D eigenvalue weighted by Crippen LogP contribution is -2.13. The predicted octanol–water partition coefficient (Wildman–Crippen LogP) is 2.37. The molecule has 2 aromatic carbocycles. The summed E-state index contributed by atoms with van der Waals surface area (Å²) in [6.45, 7) is 0. The van der Waals surface area contributed by atoms with Gasteiger partial charge in [0.1, 0.15) is 11.6 Å². The third-order valence-electron chi connectivity index (χ3n) is 3.01. The summed E-state index contributed by atoms with van der Waals surface area (Å²) in [6, 6.07) is 12.4. The maximum atomic E-state index is 12.8. The van der Waals surface area contributed by atoms with Crippen LogP contribution in [0, 0.1) is 5.82 Å². The van der Waals surface area contributed by atoms with Crippen molar-refractivity contribution in [1.82, 2.24) is 9.97 Å². The molecule has 0 bridgehead atoms. The number of rotatable bonds is 3. The van der Waals surface area contributed by atoms with Crippen LogP contribution in [0.25, 0.3) is 10.9 Å². The van der Waals surface area contributed by atoms with Crippen molar-refractivity contribution in [2.24, 2.45) is 0 Å². The van der Waals surface area contributed by atoms with Crippen molar-refractivity contribution in [2.75, 3.05) is 0 Å². The maximum Gasteiger partial charge on any atom is 0.258 e. The van der Waals surface area contributed by atoms with Gasteiger partial charge >= 0.3 is 0 Å². The number of halogens is 1. The van der Waals surface area contributed by atoms with Gasteiger partial charge in [0.2, 0.25) is 0 Å². The molecule has 1 N–H and O–H groups in total. The number of fused-ring (bicyclic) bond motifs is 1. The molecular weight excluding hydrogens is 291 g/mol. The van der Waals surface area contributed by atoms with Crippen molar-refractivity contribution in [1.29, 1.82) is 0 Å². The smallest absolute Gasteiger partial charge is 0.258 e. The Balaban J connectivity index is 1.93. The van der Waals surface area contributed by atoms with Gasteiger partial charge in [0.15, 0.2) is 0 Å². The molecule has 0 saturated carbocycles. The highest BCUT2D eigenvalue weighted by molar-refractivity contribution is 7.84. The molecule has 0 spiro atoms. The van der Waals surface area contributed by atoms with Crippen LogP contribution in [0.2, 0.25) is 0 Å². The minimum absolute atomic E-state index is 0.0751. The molecule has 3 rings (SSSR count). The minimum Gasteiger partial charge on any atom is -0.309 e. The second kappa shape index (κ2) is 5.57. The number of nitrogens with zero attached hydrogens (tertiary/aromatic N) is 1. The SMILES string of the molecule is O=c1[nH]c(CS(=O)c2ccc(F)cc2)nc2ccccc12. The Labute approximate surface area is 122 Å². The molecule has 1 atom stereocenters. The normalized spacial score (nSPS) is 12.4. The summed E-state index contributed by atoms with van der Waals surface area (Å²) in [7, 11) is -1.39. The number of hydrogen-bond donors (Lipinski definition) is 1. The highest BCUT2D eigenvalue weighted by Crippen LogP contribution is 2.12. The number of aromatic amines is 1. The molecule has 0 aliphatic rings. The predicted molar refractivity (Wildman–Crippen MR) is 78.9 cm³/mol. The zero-order valence-corrected chi connectivity index (χ0v) is 11.7. The molecule has 0 amide bonds. The Morgan fingerprint density at radius 2 is 1.81 bits per heavy atom. The van der Waals surface area contributed by atoms with Crippen LogP contribution in [0.15, 0.2) is 58.2 Å². The second-order valence-electron chi connectivity index (χ2n) is 4.47. The lowest BCUT2D eigenvalue weighted by Gasteiger charge is -2.04. The molecule has 4 nitrogen and oxygen atoms in total. The minimum atomic E-state index is -1.39. The Kier molecular flexibility index (Phi) is 3.62. The number of aromatic nitrogens is 2. The lowest BCUT2D eigenvalue weighted by molar-refractivity contribution is 0.626. The zero-order valence-electron chi connectivity index (χ0n) is 10.9. The van der Waals surface area contributed by atoms with E-state index in [9.17, 15) is 13.4 Å². The second-order valence-corrected chi connectivity index (χ2v) is 5.92. The first-order valence-corrected chi connectivity index (χ1v) is 7.57. The summed E-state index contributed by atoms with van der Waals surface area (Å²) in [5, 5.41) is 0.494. The van der Waals surface area contributed by atoms with Crippen molar-refractivity contribution in [3.8, 4) is 0 Å². The standard InChI is InChI=1S/C15H11FN2O2S/c16-10-5-7-11(8-6-10)21(20)9-14-17-13-4-2-1-3-12(13)15(19)18-14/h1-8H,9H2,(H,17,18,19). The number of benzene rings is 2. The summed E-state index contributed by atoms with van der Waals surface area (Å²) >= 11 is 0. The van der Waals surface area contributed by atoms with E-state index in [1.807, 2.05) is 0 Å². The van der Waals surface area contributed by atoms with Gasteiger partial charge in [-0.15, -0.1) is 0 Å². The third-order valence-corrected chi connectivity index (χ3v) is 4.34. The molecule has 0 aliphatic heterocycles. The Morgan fingerprint density at radius 1 is 1.10 bits per heavy atom. The largest absolute Gasteiger partial charge is 0.309 e. The van der Waals surface area contributed by atoms with Crippen LogP contribution in [0.1, 0.15) is 5.82 Å². The summed E-state index contributed by atoms with van der Waals surface area (Å²) < 4.78 is 25.0. The van der Waals surface area contributed by atoms with Crippen LogP contribution in [0.3, 0.4) is 0 Å². The third kappa shape index (κ3) is 2.90. The molecule has 1 unspecified atom stereocenters. The first kappa shape index (κ1) is 13.6. The molecule has 0 fully saturated rings. The average molecular weight is 302 g/mol. The van der Waals surface area contributed by atoms with Crippen molar-refractivity contribution in [2.45, 2.75) is 10.6 Å². The van der Waals surface area contributed by atoms with Crippen LogP contribution in [0.4, 0.5) is 4.39 Å². The van der Waals surface area contributed by atoms with Crippen LogP contribution < -0.4 is 5.56 Å². The zero-order chi connectivity index (χ0) is 14.8. The molecule has 3 aromatic rings. The van der Waals surface area contributed by atoms with Gasteiger partial charge in [0.25, 0.3) is 5.56 Å². The van der Waals surface area contributed by atoms with E-state index < -0.39 is 10.8 Å². The van der Waals surface area contributed by atoms with Gasteiger partial charge in [-0.3, -0.25) is 9.00 Å². The summed E-state index contributed by atoms with van der Waals surface area (Å²) in [5.74, 6) is 0.0421. The molecule has 6 heteroatoms. The molecule has 0 saturated heterocycles. The van der Waals surface area contributed by atoms with Gasteiger partial charge in [-0.1, -0.05) is 12.1 Å². The monoisotopic (exact) mass is 302 g/mol. The van der Waals surface area contributed by atoms with E-state index in [0.717, 1.165) is 0 Å². The molecule has 1 heterocycles. The van der Waals surface area contributed by atoms with Crippen LogP contribution in [-0.2, 0) is 16.6 Å². The van der Waals surface area contributed by atoms with E-state index in [-0.39, 0.29) is 17.1 Å². The summed E-state index contributed by atoms with van der Waals surface area (Å²) in [6.07, 6.45) is 0. The Morgan fingerprint density at radius 3 is 2.57 bits per heavy atom. The number of hydrogen-bond acceptors (Lipinski definition) is 3. The van der Waals surface area contributed by atoms with E-state index in [2.05, 4.69) is 9.97 Å². The van der Waals surface area contributed by atoms with Gasteiger partial charge in [0, 0.05) is 4.90 Å². The van der Waals surface area contributed by atoms with Gasteiger partial charge in [-0.2, -0.15) is 0 Å². The molecular formula is C15H11FN2O2S. The van der Waals surface area contributed by atoms with Crippen molar-refractivity contribution in [3.05, 3.63) is 70.5 Å². The van der Waals surface area contributed by atoms with Crippen LogP contribution >= 0.6 is 0 Å². The highest BCUT2D eigenvalue weighted by atomic mass is 32.2. The fourth-order valence-corrected chi connectivity index (χ4v) is 2.99. The van der Waals surface area contributed by atoms with E-state index in [1.165, 1.54) is 24.3 Å². The van der Waals surface area contributed by atoms with Gasteiger partial charge in [-0.05, 0) is 36.4 Å². The Hall–Kier alpha value is -2.34. The molecule has 1 aromatic heterocycles. The quantitative estimate of drug-likeness (QED) is 0.808. The first-order chi connectivity index (χ1) is 10.1. The van der Waals surface area contributed by atoms with Gasteiger partial charge in [-0.25, -0.2) is 9.37 Å². The summed E-state index contributed by atoms with van der Waals surface area (Å²) in [5.41, 5.74) is 0.305. The summed E-state index contributed by atoms with van der Waals surface area (Å²) in [4.78, 5) is 19.3. The topological polar surface area (TPSA) is 62.8 Å². The first-order valence-electron chi connectivity index (χ1n) is 6.25. The average Bonchev–Trinajstić information content (AvgIpc) is 2.48. The molecule has 0 radical (unpaired) electrons.